The zero-order valence-electron chi connectivity index (χ0n) is 14.7. The van der Waals surface area contributed by atoms with Crippen LogP contribution in [0.4, 0.5) is 0 Å². The number of imidazole rings is 1. The van der Waals surface area contributed by atoms with E-state index in [4.69, 9.17) is 0 Å². The minimum atomic E-state index is -0.588. The molecule has 0 atom stereocenters. The number of carbonyl (C=O) groups is 2. The van der Waals surface area contributed by atoms with E-state index in [2.05, 4.69) is 11.6 Å². The first kappa shape index (κ1) is 17.6. The molecule has 1 saturated heterocycles. The number of aryl methyl sites for hydroxylation is 2. The largest absolute Gasteiger partial charge is 0.338 e. The van der Waals surface area contributed by atoms with Crippen LogP contribution in [0.2, 0.25) is 0 Å². The maximum atomic E-state index is 12.6. The highest BCUT2D eigenvalue weighted by molar-refractivity contribution is 5.87. The Morgan fingerprint density at radius 1 is 1.15 bits per heavy atom. The molecule has 3 rings (SSSR count). The Hall–Kier alpha value is -3.17. The molecule has 0 aliphatic carbocycles. The van der Waals surface area contributed by atoms with E-state index >= 15 is 0 Å². The van der Waals surface area contributed by atoms with Gasteiger partial charge in [-0.1, -0.05) is 6.58 Å². The van der Waals surface area contributed by atoms with Crippen LogP contribution in [0.15, 0.2) is 28.6 Å². The van der Waals surface area contributed by atoms with Gasteiger partial charge in [0, 0.05) is 40.3 Å². The van der Waals surface area contributed by atoms with Gasteiger partial charge in [0.2, 0.25) is 11.8 Å². The molecule has 0 unspecified atom stereocenters. The Balaban J connectivity index is 1.84. The zero-order valence-corrected chi connectivity index (χ0v) is 14.7. The van der Waals surface area contributed by atoms with Gasteiger partial charge in [-0.05, 0) is 6.08 Å². The third-order valence-corrected chi connectivity index (χ3v) is 4.61. The van der Waals surface area contributed by atoms with Crippen molar-refractivity contribution in [1.29, 1.82) is 0 Å². The van der Waals surface area contributed by atoms with Crippen molar-refractivity contribution in [2.45, 2.75) is 6.54 Å². The summed E-state index contributed by atoms with van der Waals surface area (Å²) in [6.45, 7) is 4.59. The molecule has 10 heteroatoms. The number of amides is 2. The molecule has 26 heavy (non-hydrogen) atoms. The minimum Gasteiger partial charge on any atom is -0.338 e. The Bertz CT molecular complexity index is 1010. The molecule has 0 aromatic carbocycles. The van der Waals surface area contributed by atoms with E-state index in [0.29, 0.717) is 26.2 Å². The van der Waals surface area contributed by atoms with Gasteiger partial charge in [-0.3, -0.25) is 19.0 Å². The van der Waals surface area contributed by atoms with Crippen molar-refractivity contribution in [2.75, 3.05) is 26.2 Å². The van der Waals surface area contributed by atoms with Crippen LogP contribution in [0.3, 0.4) is 0 Å². The van der Waals surface area contributed by atoms with Gasteiger partial charge in [0.15, 0.2) is 11.2 Å². The van der Waals surface area contributed by atoms with Crippen molar-refractivity contribution in [3.8, 4) is 0 Å². The Labute approximate surface area is 148 Å². The zero-order chi connectivity index (χ0) is 19.0. The number of carbonyl (C=O) groups excluding carboxylic acids is 2. The summed E-state index contributed by atoms with van der Waals surface area (Å²) in [6, 6.07) is 0. The van der Waals surface area contributed by atoms with Crippen LogP contribution in [0.1, 0.15) is 0 Å². The van der Waals surface area contributed by atoms with E-state index in [1.165, 1.54) is 28.6 Å². The average molecular weight is 360 g/mol. The molecule has 0 spiro atoms. The van der Waals surface area contributed by atoms with Crippen LogP contribution in [0.5, 0.6) is 0 Å². The van der Waals surface area contributed by atoms with E-state index < -0.39 is 11.2 Å². The average Bonchev–Trinajstić information content (AvgIpc) is 3.04. The number of hydrogen-bond donors (Lipinski definition) is 0. The maximum Gasteiger partial charge on any atom is 0.332 e. The highest BCUT2D eigenvalue weighted by Gasteiger charge is 2.24. The van der Waals surface area contributed by atoms with Crippen LogP contribution in [0, 0.1) is 0 Å². The van der Waals surface area contributed by atoms with Gasteiger partial charge in [-0.25, -0.2) is 14.3 Å². The molecule has 0 radical (unpaired) electrons. The summed E-state index contributed by atoms with van der Waals surface area (Å²) >= 11 is 0. The predicted molar refractivity (Wildman–Crippen MR) is 93.6 cm³/mol. The Kier molecular flexibility index (Phi) is 4.49. The molecule has 2 aromatic rings. The van der Waals surface area contributed by atoms with E-state index in [1.807, 2.05) is 0 Å². The summed E-state index contributed by atoms with van der Waals surface area (Å²) < 4.78 is 3.70. The first-order chi connectivity index (χ1) is 12.3. The smallest absolute Gasteiger partial charge is 0.332 e. The number of nitrogens with zero attached hydrogens (tertiary/aromatic N) is 6. The van der Waals surface area contributed by atoms with Crippen LogP contribution in [-0.4, -0.2) is 66.5 Å². The molecular formula is C16H20N6O4. The predicted octanol–water partition coefficient (Wildman–Crippen LogP) is -1.71. The van der Waals surface area contributed by atoms with Crippen molar-refractivity contribution in [3.63, 3.8) is 0 Å². The highest BCUT2D eigenvalue weighted by atomic mass is 16.2. The summed E-state index contributed by atoms with van der Waals surface area (Å²) in [5.74, 6) is -0.514. The lowest BCUT2D eigenvalue weighted by molar-refractivity contribution is -0.137. The second-order valence-electron chi connectivity index (χ2n) is 6.17. The maximum absolute atomic E-state index is 12.6. The first-order valence-electron chi connectivity index (χ1n) is 8.15. The highest BCUT2D eigenvalue weighted by Crippen LogP contribution is 2.05. The number of fused-ring (bicyclic) bond motifs is 1. The monoisotopic (exact) mass is 360 g/mol. The lowest BCUT2D eigenvalue weighted by Crippen LogP contribution is -2.52. The fourth-order valence-corrected chi connectivity index (χ4v) is 3.08. The first-order valence-corrected chi connectivity index (χ1v) is 8.15. The summed E-state index contributed by atoms with van der Waals surface area (Å²) in [4.78, 5) is 56.5. The molecular weight excluding hydrogens is 340 g/mol. The number of hydrogen-bond acceptors (Lipinski definition) is 5. The van der Waals surface area contributed by atoms with Crippen molar-refractivity contribution >= 4 is 23.0 Å². The fraction of sp³-hybridized carbons (Fsp3) is 0.438. The fourth-order valence-electron chi connectivity index (χ4n) is 3.08. The van der Waals surface area contributed by atoms with Crippen molar-refractivity contribution in [3.05, 3.63) is 39.8 Å². The molecule has 2 amide bonds. The van der Waals surface area contributed by atoms with Gasteiger partial charge >= 0.3 is 5.69 Å². The minimum absolute atomic E-state index is 0.177. The molecule has 2 aromatic heterocycles. The van der Waals surface area contributed by atoms with Crippen LogP contribution >= 0.6 is 0 Å². The summed E-state index contributed by atoms with van der Waals surface area (Å²) in [6.07, 6.45) is 2.69. The molecule has 0 bridgehead atoms. The second-order valence-corrected chi connectivity index (χ2v) is 6.17. The normalized spacial score (nSPS) is 14.7. The van der Waals surface area contributed by atoms with Gasteiger partial charge in [0.25, 0.3) is 5.56 Å². The summed E-state index contributed by atoms with van der Waals surface area (Å²) in [5, 5.41) is 0. The van der Waals surface area contributed by atoms with E-state index in [-0.39, 0.29) is 29.5 Å². The van der Waals surface area contributed by atoms with Crippen LogP contribution in [0.25, 0.3) is 11.2 Å². The second kappa shape index (κ2) is 6.62. The molecule has 0 saturated carbocycles. The summed E-state index contributed by atoms with van der Waals surface area (Å²) in [5.41, 5.74) is -0.587. The van der Waals surface area contributed by atoms with Crippen LogP contribution in [-0.2, 0) is 30.2 Å². The lowest BCUT2D eigenvalue weighted by Gasteiger charge is -2.34. The Morgan fingerprint density at radius 3 is 2.38 bits per heavy atom. The third kappa shape index (κ3) is 2.83. The van der Waals surface area contributed by atoms with Gasteiger partial charge in [-0.2, -0.15) is 0 Å². The van der Waals surface area contributed by atoms with Gasteiger partial charge in [0.1, 0.15) is 6.54 Å². The molecule has 1 aliphatic heterocycles. The molecule has 3 heterocycles. The van der Waals surface area contributed by atoms with Gasteiger partial charge < -0.3 is 14.4 Å². The van der Waals surface area contributed by atoms with E-state index in [9.17, 15) is 19.2 Å². The van der Waals surface area contributed by atoms with E-state index in [0.717, 1.165) is 4.57 Å². The number of rotatable bonds is 3. The van der Waals surface area contributed by atoms with Crippen molar-refractivity contribution in [2.24, 2.45) is 14.1 Å². The van der Waals surface area contributed by atoms with Crippen LogP contribution < -0.4 is 11.2 Å². The molecule has 138 valence electrons. The quantitative estimate of drug-likeness (QED) is 0.607. The lowest BCUT2D eigenvalue weighted by atomic mass is 10.3. The SMILES string of the molecule is C=CC(=O)N1CCN(C(=O)Cn2c(=O)c3c(ncn3C)n(C)c2=O)CC1. The molecule has 1 fully saturated rings. The number of piperazine rings is 1. The molecule has 10 nitrogen and oxygen atoms in total. The third-order valence-electron chi connectivity index (χ3n) is 4.61. The molecule has 0 N–H and O–H groups in total. The topological polar surface area (TPSA) is 102 Å². The Morgan fingerprint density at radius 2 is 1.77 bits per heavy atom. The molecule has 1 aliphatic rings. The van der Waals surface area contributed by atoms with Gasteiger partial charge in [-0.15, -0.1) is 0 Å². The van der Waals surface area contributed by atoms with Gasteiger partial charge in [0.05, 0.1) is 6.33 Å². The number of aromatic nitrogens is 4. The standard InChI is InChI=1S/C16H20N6O4/c1-4-11(23)20-5-7-21(8-6-20)12(24)9-22-15(25)13-14(17-10-18(13)2)19(3)16(22)26/h4,10H,1,5-9H2,2-3H3. The van der Waals surface area contributed by atoms with E-state index in [1.54, 1.807) is 16.8 Å². The van der Waals surface area contributed by atoms with Crippen molar-refractivity contribution < 1.29 is 9.59 Å². The van der Waals surface area contributed by atoms with Crippen molar-refractivity contribution in [1.82, 2.24) is 28.5 Å². The summed E-state index contributed by atoms with van der Waals surface area (Å²) in [7, 11) is 3.17.